The fourth-order valence-corrected chi connectivity index (χ4v) is 2.63. The zero-order chi connectivity index (χ0) is 19.2. The number of benzene rings is 2. The summed E-state index contributed by atoms with van der Waals surface area (Å²) in [7, 11) is 0. The number of nitrogens with zero attached hydrogens (tertiary/aromatic N) is 2. The van der Waals surface area contributed by atoms with Crippen LogP contribution in [0.25, 0.3) is 0 Å². The molecule has 0 bridgehead atoms. The number of rotatable bonds is 6. The number of carbonyl (C=O) groups excluding carboxylic acids is 1. The largest absolute Gasteiger partial charge is 0.347 e. The molecule has 1 heterocycles. The molecule has 138 valence electrons. The minimum atomic E-state index is -0.381. The van der Waals surface area contributed by atoms with Gasteiger partial charge in [-0.25, -0.2) is 14.4 Å². The van der Waals surface area contributed by atoms with Gasteiger partial charge in [-0.3, -0.25) is 4.79 Å². The minimum absolute atomic E-state index is 0.0931. The summed E-state index contributed by atoms with van der Waals surface area (Å²) in [5.74, 6) is 0.270. The third kappa shape index (κ3) is 4.88. The third-order valence-corrected chi connectivity index (χ3v) is 4.10. The molecular formula is C21H21FN4O. The third-order valence-electron chi connectivity index (χ3n) is 4.10. The smallest absolute Gasteiger partial charge is 0.270 e. The van der Waals surface area contributed by atoms with Gasteiger partial charge in [-0.15, -0.1) is 0 Å². The molecule has 1 amide bonds. The summed E-state index contributed by atoms with van der Waals surface area (Å²) in [5, 5.41) is 5.88. The van der Waals surface area contributed by atoms with Crippen molar-refractivity contribution in [1.29, 1.82) is 0 Å². The summed E-state index contributed by atoms with van der Waals surface area (Å²) in [6.45, 7) is 3.91. The Bertz CT molecular complexity index is 941. The first-order valence-corrected chi connectivity index (χ1v) is 8.78. The number of aryl methyl sites for hydroxylation is 2. The first-order chi connectivity index (χ1) is 13.0. The van der Waals surface area contributed by atoms with Crippen molar-refractivity contribution in [1.82, 2.24) is 15.3 Å². The van der Waals surface area contributed by atoms with E-state index < -0.39 is 0 Å². The number of carbonyl (C=O) groups is 1. The van der Waals surface area contributed by atoms with Crippen LogP contribution in [0.15, 0.2) is 54.6 Å². The summed E-state index contributed by atoms with van der Waals surface area (Å²) < 4.78 is 13.7. The first kappa shape index (κ1) is 18.5. The number of amides is 1. The average molecular weight is 364 g/mol. The highest BCUT2D eigenvalue weighted by atomic mass is 19.1. The van der Waals surface area contributed by atoms with Crippen molar-refractivity contribution in [2.24, 2.45) is 0 Å². The van der Waals surface area contributed by atoms with Crippen LogP contribution in [0.5, 0.6) is 0 Å². The van der Waals surface area contributed by atoms with Crippen molar-refractivity contribution < 1.29 is 9.18 Å². The highest BCUT2D eigenvalue weighted by Gasteiger charge is 2.11. The van der Waals surface area contributed by atoms with Crippen LogP contribution in [0.1, 0.15) is 34.4 Å². The molecule has 3 rings (SSSR count). The van der Waals surface area contributed by atoms with Crippen molar-refractivity contribution in [3.05, 3.63) is 83.1 Å². The first-order valence-electron chi connectivity index (χ1n) is 8.78. The van der Waals surface area contributed by atoms with E-state index >= 15 is 0 Å². The fourth-order valence-electron chi connectivity index (χ4n) is 2.63. The maximum Gasteiger partial charge on any atom is 0.270 e. The lowest BCUT2D eigenvalue weighted by Crippen LogP contribution is -2.25. The van der Waals surface area contributed by atoms with Gasteiger partial charge in [0.05, 0.1) is 0 Å². The summed E-state index contributed by atoms with van der Waals surface area (Å²) in [6, 6.07) is 15.9. The van der Waals surface area contributed by atoms with Crippen molar-refractivity contribution in [3.8, 4) is 0 Å². The van der Waals surface area contributed by atoms with E-state index in [0.717, 1.165) is 12.1 Å². The van der Waals surface area contributed by atoms with Crippen LogP contribution in [0.3, 0.4) is 0 Å². The van der Waals surface area contributed by atoms with Gasteiger partial charge in [-0.2, -0.15) is 0 Å². The lowest BCUT2D eigenvalue weighted by Gasteiger charge is -2.10. The van der Waals surface area contributed by atoms with Gasteiger partial charge < -0.3 is 10.6 Å². The molecule has 0 spiro atoms. The molecule has 0 atom stereocenters. The normalized spacial score (nSPS) is 10.5. The standard InChI is InChI=1S/C21H21FN4O/c1-3-15-8-10-17(11-9-15)26-20-12-19(24-14(2)25-20)21(27)23-13-16-6-4-5-7-18(16)22/h4-12H,3,13H2,1-2H3,(H,23,27)(H,24,25,26). The number of nitrogens with one attached hydrogen (secondary N) is 2. The van der Waals surface area contributed by atoms with Crippen LogP contribution in [0.2, 0.25) is 0 Å². The molecule has 0 unspecified atom stereocenters. The molecule has 2 N–H and O–H groups in total. The average Bonchev–Trinajstić information content (AvgIpc) is 2.67. The Morgan fingerprint density at radius 2 is 1.81 bits per heavy atom. The van der Waals surface area contributed by atoms with Gasteiger partial charge in [-0.1, -0.05) is 37.3 Å². The molecule has 0 saturated heterocycles. The Hall–Kier alpha value is -3.28. The van der Waals surface area contributed by atoms with Crippen LogP contribution in [0.4, 0.5) is 15.9 Å². The van der Waals surface area contributed by atoms with Crippen molar-refractivity contribution in [2.75, 3.05) is 5.32 Å². The molecule has 27 heavy (non-hydrogen) atoms. The van der Waals surface area contributed by atoms with Gasteiger partial charge in [0.2, 0.25) is 0 Å². The fraction of sp³-hybridized carbons (Fsp3) is 0.190. The van der Waals surface area contributed by atoms with Crippen LogP contribution >= 0.6 is 0 Å². The Labute approximate surface area is 157 Å². The van der Waals surface area contributed by atoms with E-state index in [9.17, 15) is 9.18 Å². The lowest BCUT2D eigenvalue weighted by atomic mass is 10.1. The highest BCUT2D eigenvalue weighted by molar-refractivity contribution is 5.93. The Morgan fingerprint density at radius 1 is 1.07 bits per heavy atom. The van der Waals surface area contributed by atoms with Gasteiger partial charge >= 0.3 is 0 Å². The van der Waals surface area contributed by atoms with Crippen molar-refractivity contribution in [2.45, 2.75) is 26.8 Å². The van der Waals surface area contributed by atoms with Gasteiger partial charge in [0.25, 0.3) is 5.91 Å². The maximum absolute atomic E-state index is 13.7. The number of hydrogen-bond donors (Lipinski definition) is 2. The Morgan fingerprint density at radius 3 is 2.52 bits per heavy atom. The number of hydrogen-bond acceptors (Lipinski definition) is 4. The maximum atomic E-state index is 13.7. The van der Waals surface area contributed by atoms with E-state index in [1.54, 1.807) is 31.2 Å². The van der Waals surface area contributed by atoms with Gasteiger partial charge in [0.15, 0.2) is 0 Å². The SMILES string of the molecule is CCc1ccc(Nc2cc(C(=O)NCc3ccccc3F)nc(C)n2)cc1. The van der Waals surface area contributed by atoms with E-state index in [2.05, 4.69) is 27.5 Å². The molecule has 0 radical (unpaired) electrons. The van der Waals surface area contributed by atoms with Crippen molar-refractivity contribution in [3.63, 3.8) is 0 Å². The second kappa shape index (κ2) is 8.40. The number of aromatic nitrogens is 2. The van der Waals surface area contributed by atoms with E-state index in [-0.39, 0.29) is 24.0 Å². The topological polar surface area (TPSA) is 66.9 Å². The molecule has 0 aliphatic heterocycles. The summed E-state index contributed by atoms with van der Waals surface area (Å²) in [6.07, 6.45) is 0.971. The van der Waals surface area contributed by atoms with E-state index in [4.69, 9.17) is 0 Å². The molecular weight excluding hydrogens is 343 g/mol. The predicted octanol–water partition coefficient (Wildman–Crippen LogP) is 4.16. The zero-order valence-electron chi connectivity index (χ0n) is 15.3. The Balaban J connectivity index is 1.72. The van der Waals surface area contributed by atoms with E-state index in [0.29, 0.717) is 17.2 Å². The van der Waals surface area contributed by atoms with E-state index in [1.165, 1.54) is 11.6 Å². The van der Waals surface area contributed by atoms with Crippen molar-refractivity contribution >= 4 is 17.4 Å². The molecule has 1 aromatic heterocycles. The molecule has 0 fully saturated rings. The lowest BCUT2D eigenvalue weighted by molar-refractivity contribution is 0.0945. The molecule has 0 aliphatic carbocycles. The van der Waals surface area contributed by atoms with Crippen LogP contribution in [-0.2, 0) is 13.0 Å². The monoisotopic (exact) mass is 364 g/mol. The van der Waals surface area contributed by atoms with Gasteiger partial charge in [0.1, 0.15) is 23.2 Å². The second-order valence-corrected chi connectivity index (χ2v) is 6.14. The van der Waals surface area contributed by atoms with Crippen LogP contribution in [0, 0.1) is 12.7 Å². The highest BCUT2D eigenvalue weighted by Crippen LogP contribution is 2.17. The molecule has 5 nitrogen and oxygen atoms in total. The molecule has 2 aromatic carbocycles. The van der Waals surface area contributed by atoms with E-state index in [1.807, 2.05) is 24.3 Å². The number of halogens is 1. The van der Waals surface area contributed by atoms with Crippen LogP contribution < -0.4 is 10.6 Å². The summed E-state index contributed by atoms with van der Waals surface area (Å²) in [4.78, 5) is 20.9. The molecule has 3 aromatic rings. The second-order valence-electron chi connectivity index (χ2n) is 6.14. The molecule has 0 saturated carbocycles. The summed E-state index contributed by atoms with van der Waals surface area (Å²) >= 11 is 0. The quantitative estimate of drug-likeness (QED) is 0.689. The number of anilines is 2. The summed E-state index contributed by atoms with van der Waals surface area (Å²) in [5.41, 5.74) is 2.77. The molecule has 6 heteroatoms. The Kier molecular flexibility index (Phi) is 5.76. The molecule has 0 aliphatic rings. The minimum Gasteiger partial charge on any atom is -0.347 e. The van der Waals surface area contributed by atoms with Gasteiger partial charge in [-0.05, 0) is 37.1 Å². The zero-order valence-corrected chi connectivity index (χ0v) is 15.3. The van der Waals surface area contributed by atoms with Gasteiger partial charge in [0, 0.05) is 23.9 Å². The predicted molar refractivity (Wildman–Crippen MR) is 103 cm³/mol. The van der Waals surface area contributed by atoms with Crippen LogP contribution in [-0.4, -0.2) is 15.9 Å².